The third kappa shape index (κ3) is 3.62. The molecule has 1 unspecified atom stereocenters. The van der Waals surface area contributed by atoms with Crippen LogP contribution in [0.4, 0.5) is 0 Å². The van der Waals surface area contributed by atoms with Crippen molar-refractivity contribution >= 4 is 11.8 Å². The molecule has 0 aromatic heterocycles. The van der Waals surface area contributed by atoms with E-state index in [1.165, 1.54) is 0 Å². The summed E-state index contributed by atoms with van der Waals surface area (Å²) in [5, 5.41) is 8.80. The van der Waals surface area contributed by atoms with Crippen molar-refractivity contribution in [2.45, 2.75) is 32.2 Å². The molecule has 0 saturated carbocycles. The van der Waals surface area contributed by atoms with Crippen molar-refractivity contribution in [1.82, 2.24) is 10.4 Å². The predicted octanol–water partition coefficient (Wildman–Crippen LogP) is 1.90. The zero-order chi connectivity index (χ0) is 17.8. The summed E-state index contributed by atoms with van der Waals surface area (Å²) in [7, 11) is 0. The minimum atomic E-state index is -0.587. The Bertz CT molecular complexity index is 642. The van der Waals surface area contributed by atoms with Crippen LogP contribution in [0, 0.1) is 5.92 Å². The van der Waals surface area contributed by atoms with Gasteiger partial charge in [-0.25, -0.2) is 5.48 Å². The highest BCUT2D eigenvalue weighted by atomic mass is 16.5. The summed E-state index contributed by atoms with van der Waals surface area (Å²) in [5.41, 5.74) is 2.83. The molecule has 1 aromatic rings. The second-order valence-corrected chi connectivity index (χ2v) is 6.41. The van der Waals surface area contributed by atoms with Crippen molar-refractivity contribution in [2.24, 2.45) is 5.92 Å². The maximum atomic E-state index is 13.0. The van der Waals surface area contributed by atoms with Crippen molar-refractivity contribution in [2.75, 3.05) is 26.4 Å². The summed E-state index contributed by atoms with van der Waals surface area (Å²) in [6, 6.07) is 4.95. The Morgan fingerprint density at radius 1 is 1.36 bits per heavy atom. The Morgan fingerprint density at radius 3 is 2.88 bits per heavy atom. The van der Waals surface area contributed by atoms with E-state index < -0.39 is 5.91 Å². The molecular formula is C18H24N2O5. The fourth-order valence-electron chi connectivity index (χ4n) is 3.59. The van der Waals surface area contributed by atoms with Gasteiger partial charge in [0.25, 0.3) is 5.91 Å². The number of rotatable bonds is 3. The third-order valence-electron chi connectivity index (χ3n) is 4.88. The van der Waals surface area contributed by atoms with Crippen LogP contribution in [0.1, 0.15) is 48.1 Å². The van der Waals surface area contributed by atoms with Crippen LogP contribution in [-0.4, -0.2) is 48.3 Å². The van der Waals surface area contributed by atoms with E-state index in [1.54, 1.807) is 23.7 Å². The Hall–Kier alpha value is -2.12. The summed E-state index contributed by atoms with van der Waals surface area (Å²) in [4.78, 5) is 26.5. The maximum Gasteiger partial charge on any atom is 0.274 e. The van der Waals surface area contributed by atoms with Crippen LogP contribution in [-0.2, 0) is 9.53 Å². The number of carbonyl (C=O) groups excluding carboxylic acids is 2. The molecule has 1 saturated heterocycles. The van der Waals surface area contributed by atoms with E-state index in [4.69, 9.17) is 14.7 Å². The normalized spacial score (nSPS) is 23.2. The molecule has 2 aliphatic rings. The second kappa shape index (κ2) is 7.84. The number of hydrogen-bond acceptors (Lipinski definition) is 5. The van der Waals surface area contributed by atoms with Crippen LogP contribution in [0.5, 0.6) is 5.75 Å². The first-order valence-electron chi connectivity index (χ1n) is 8.75. The van der Waals surface area contributed by atoms with Gasteiger partial charge in [0, 0.05) is 17.7 Å². The number of nitrogens with zero attached hydrogens (tertiary/aromatic N) is 1. The molecule has 2 aliphatic heterocycles. The summed E-state index contributed by atoms with van der Waals surface area (Å²) >= 11 is 0. The van der Waals surface area contributed by atoms with Gasteiger partial charge in [-0.1, -0.05) is 13.0 Å². The minimum Gasteiger partial charge on any atom is -0.491 e. The first-order valence-corrected chi connectivity index (χ1v) is 8.75. The van der Waals surface area contributed by atoms with Crippen LogP contribution < -0.4 is 10.2 Å². The number of ether oxygens (including phenoxy) is 2. The first kappa shape index (κ1) is 17.7. The number of fused-ring (bicyclic) bond motifs is 1. The lowest BCUT2D eigenvalue weighted by Gasteiger charge is -2.33. The van der Waals surface area contributed by atoms with Crippen molar-refractivity contribution in [3.8, 4) is 5.75 Å². The number of hydroxylamine groups is 1. The SMILES string of the molecule is CCC1c2ccc(C(=O)NO)cc2OCCN1C(=O)[C@@H]1CCCOC1. The van der Waals surface area contributed by atoms with Gasteiger partial charge in [-0.15, -0.1) is 0 Å². The molecule has 0 radical (unpaired) electrons. The van der Waals surface area contributed by atoms with Gasteiger partial charge in [-0.05, 0) is 31.4 Å². The Labute approximate surface area is 146 Å². The second-order valence-electron chi connectivity index (χ2n) is 6.41. The van der Waals surface area contributed by atoms with E-state index in [2.05, 4.69) is 0 Å². The standard InChI is InChI=1S/C18H24N2O5/c1-2-15-14-6-5-12(17(21)19-23)10-16(14)25-9-7-20(15)18(22)13-4-3-8-24-11-13/h5-6,10,13,15,23H,2-4,7-9,11H2,1H3,(H,19,21)/t13-,15?/m1/s1. The highest BCUT2D eigenvalue weighted by Gasteiger charge is 2.34. The highest BCUT2D eigenvalue weighted by Crippen LogP contribution is 2.36. The lowest BCUT2D eigenvalue weighted by molar-refractivity contribution is -0.142. The topological polar surface area (TPSA) is 88.1 Å². The average molecular weight is 348 g/mol. The number of benzene rings is 1. The summed E-state index contributed by atoms with van der Waals surface area (Å²) in [5.74, 6) is 0.0168. The monoisotopic (exact) mass is 348 g/mol. The van der Waals surface area contributed by atoms with Crippen LogP contribution in [0.15, 0.2) is 18.2 Å². The van der Waals surface area contributed by atoms with Crippen molar-refractivity contribution in [3.63, 3.8) is 0 Å². The Morgan fingerprint density at radius 2 is 2.20 bits per heavy atom. The molecule has 2 N–H and O–H groups in total. The number of hydrogen-bond donors (Lipinski definition) is 2. The van der Waals surface area contributed by atoms with Crippen molar-refractivity contribution in [1.29, 1.82) is 0 Å². The average Bonchev–Trinajstić information content (AvgIpc) is 2.85. The van der Waals surface area contributed by atoms with Gasteiger partial charge < -0.3 is 14.4 Å². The van der Waals surface area contributed by atoms with Crippen molar-refractivity contribution in [3.05, 3.63) is 29.3 Å². The molecule has 0 aliphatic carbocycles. The fraction of sp³-hybridized carbons (Fsp3) is 0.556. The number of nitrogens with one attached hydrogen (secondary N) is 1. The maximum absolute atomic E-state index is 13.0. The van der Waals surface area contributed by atoms with E-state index in [1.807, 2.05) is 11.8 Å². The molecule has 3 rings (SSSR count). The van der Waals surface area contributed by atoms with Crippen molar-refractivity contribution < 1.29 is 24.3 Å². The van der Waals surface area contributed by atoms with E-state index in [0.29, 0.717) is 31.1 Å². The Kier molecular flexibility index (Phi) is 5.55. The Balaban J connectivity index is 1.88. The molecule has 0 bridgehead atoms. The van der Waals surface area contributed by atoms with Gasteiger partial charge >= 0.3 is 0 Å². The zero-order valence-electron chi connectivity index (χ0n) is 14.4. The van der Waals surface area contributed by atoms with E-state index in [9.17, 15) is 9.59 Å². The van der Waals surface area contributed by atoms with Gasteiger partial charge in [-0.3, -0.25) is 14.8 Å². The molecule has 2 atom stereocenters. The molecule has 7 heteroatoms. The fourth-order valence-corrected chi connectivity index (χ4v) is 3.59. The number of carbonyl (C=O) groups is 2. The molecule has 0 spiro atoms. The summed E-state index contributed by atoms with van der Waals surface area (Å²) in [6.45, 7) is 4.11. The quantitative estimate of drug-likeness (QED) is 0.643. The largest absolute Gasteiger partial charge is 0.491 e. The highest BCUT2D eigenvalue weighted by molar-refractivity contribution is 5.94. The predicted molar refractivity (Wildman–Crippen MR) is 89.5 cm³/mol. The first-order chi connectivity index (χ1) is 12.2. The van der Waals surface area contributed by atoms with Gasteiger partial charge in [0.2, 0.25) is 5.91 Å². The van der Waals surface area contributed by atoms with Crippen LogP contribution in [0.2, 0.25) is 0 Å². The van der Waals surface area contributed by atoms with Gasteiger partial charge in [0.1, 0.15) is 12.4 Å². The van der Waals surface area contributed by atoms with Crippen LogP contribution in [0.25, 0.3) is 0 Å². The summed E-state index contributed by atoms with van der Waals surface area (Å²) < 4.78 is 11.3. The molecule has 136 valence electrons. The van der Waals surface area contributed by atoms with Gasteiger partial charge in [-0.2, -0.15) is 0 Å². The smallest absolute Gasteiger partial charge is 0.274 e. The zero-order valence-corrected chi connectivity index (χ0v) is 14.4. The minimum absolute atomic E-state index is 0.0937. The molecule has 2 amide bonds. The van der Waals surface area contributed by atoms with E-state index in [0.717, 1.165) is 31.4 Å². The lowest BCUT2D eigenvalue weighted by Crippen LogP contribution is -2.42. The summed E-state index contributed by atoms with van der Waals surface area (Å²) in [6.07, 6.45) is 2.52. The molecular weight excluding hydrogens is 324 g/mol. The molecule has 2 heterocycles. The third-order valence-corrected chi connectivity index (χ3v) is 4.88. The number of amides is 2. The van der Waals surface area contributed by atoms with E-state index >= 15 is 0 Å². The van der Waals surface area contributed by atoms with E-state index in [-0.39, 0.29) is 17.9 Å². The van der Waals surface area contributed by atoms with Crippen LogP contribution >= 0.6 is 0 Å². The lowest BCUT2D eigenvalue weighted by atomic mass is 9.96. The van der Waals surface area contributed by atoms with Crippen LogP contribution in [0.3, 0.4) is 0 Å². The molecule has 1 fully saturated rings. The molecule has 7 nitrogen and oxygen atoms in total. The van der Waals surface area contributed by atoms with Gasteiger partial charge in [0.05, 0.1) is 25.1 Å². The van der Waals surface area contributed by atoms with Gasteiger partial charge in [0.15, 0.2) is 0 Å². The molecule has 1 aromatic carbocycles. The molecule has 25 heavy (non-hydrogen) atoms.